The highest BCUT2D eigenvalue weighted by atomic mass is 31.2. The van der Waals surface area contributed by atoms with E-state index in [2.05, 4.69) is 5.32 Å². The molecule has 0 fully saturated rings. The number of phosphoric acid groups is 1. The maximum Gasteiger partial charge on any atom is 0.525 e. The second kappa shape index (κ2) is 10.6. The lowest BCUT2D eigenvalue weighted by atomic mass is 10.00. The van der Waals surface area contributed by atoms with Gasteiger partial charge in [-0.15, -0.1) is 0 Å². The molecule has 0 bridgehead atoms. The van der Waals surface area contributed by atoms with Crippen LogP contribution in [0.2, 0.25) is 0 Å². The number of benzene rings is 2. The van der Waals surface area contributed by atoms with Gasteiger partial charge in [-0.3, -0.25) is 14.6 Å². The topological polar surface area (TPSA) is 127 Å². The number of halogens is 1. The summed E-state index contributed by atoms with van der Waals surface area (Å²) in [6.07, 6.45) is 3.35. The van der Waals surface area contributed by atoms with E-state index < -0.39 is 13.6 Å². The Morgan fingerprint density at radius 3 is 2.41 bits per heavy atom. The van der Waals surface area contributed by atoms with E-state index in [0.717, 1.165) is 16.7 Å². The summed E-state index contributed by atoms with van der Waals surface area (Å²) in [6.45, 7) is 2.08. The number of allylic oxidation sites excluding steroid dienone is 2. The lowest BCUT2D eigenvalue weighted by Gasteiger charge is -2.16. The van der Waals surface area contributed by atoms with Gasteiger partial charge in [0.05, 0.1) is 33.4 Å². The van der Waals surface area contributed by atoms with Gasteiger partial charge in [0, 0.05) is 0 Å². The molecule has 0 saturated carbocycles. The van der Waals surface area contributed by atoms with Crippen LogP contribution < -0.4 is 19.3 Å². The lowest BCUT2D eigenvalue weighted by Crippen LogP contribution is -2.22. The van der Waals surface area contributed by atoms with Gasteiger partial charge in [-0.05, 0) is 82.8 Å². The molecule has 3 N–H and O–H groups in total. The van der Waals surface area contributed by atoms with Crippen molar-refractivity contribution in [2.24, 2.45) is 0 Å². The Labute approximate surface area is 212 Å². The molecule has 1 amide bonds. The van der Waals surface area contributed by atoms with Crippen molar-refractivity contribution < 1.29 is 42.0 Å². The average Bonchev–Trinajstić information content (AvgIpc) is 3.45. The fraction of sp³-hybridized carbons (Fsp3) is 0.192. The number of methoxy groups -OCH3 is 2. The number of phosphoric ester groups is 1. The van der Waals surface area contributed by atoms with Gasteiger partial charge >= 0.3 is 7.82 Å². The van der Waals surface area contributed by atoms with Gasteiger partial charge in [-0.1, -0.05) is 6.07 Å². The first-order valence-electron chi connectivity index (χ1n) is 11.1. The summed E-state index contributed by atoms with van der Waals surface area (Å²) in [6, 6.07) is 10.9. The molecule has 3 aromatic rings. The molecular formula is C26H25FNO8P. The van der Waals surface area contributed by atoms with Gasteiger partial charge in [0.25, 0.3) is 0 Å². The Hall–Kier alpha value is -3.85. The Morgan fingerprint density at radius 1 is 1.11 bits per heavy atom. The van der Waals surface area contributed by atoms with Crippen molar-refractivity contribution in [2.75, 3.05) is 14.2 Å². The lowest BCUT2D eigenvalue weighted by molar-refractivity contribution is -0.120. The number of nitrogens with one attached hydrogen (secondary N) is 1. The molecule has 0 spiro atoms. The molecule has 0 unspecified atom stereocenters. The SMILES string of the molecule is COc1cc(C=C2C(C)=C(CC(=O)NCc3ccco3)c3cc(F)ccc32)cc(OC)c1OP(=O)(O)O. The molecule has 1 heterocycles. The molecule has 2 aromatic carbocycles. The van der Waals surface area contributed by atoms with Crippen molar-refractivity contribution in [1.82, 2.24) is 5.32 Å². The highest BCUT2D eigenvalue weighted by Crippen LogP contribution is 2.49. The van der Waals surface area contributed by atoms with Crippen LogP contribution in [0.4, 0.5) is 4.39 Å². The predicted molar refractivity (Wildman–Crippen MR) is 134 cm³/mol. The zero-order chi connectivity index (χ0) is 26.7. The second-order valence-corrected chi connectivity index (χ2v) is 9.38. The molecule has 0 saturated heterocycles. The number of ether oxygens (including phenoxy) is 2. The molecule has 1 aliphatic carbocycles. The van der Waals surface area contributed by atoms with Gasteiger partial charge in [0.1, 0.15) is 11.6 Å². The fourth-order valence-corrected chi connectivity index (χ4v) is 4.58. The van der Waals surface area contributed by atoms with E-state index in [1.165, 1.54) is 44.7 Å². The van der Waals surface area contributed by atoms with E-state index in [1.54, 1.807) is 24.3 Å². The maximum absolute atomic E-state index is 14.2. The number of rotatable bonds is 9. The minimum absolute atomic E-state index is 0.0298. The van der Waals surface area contributed by atoms with Crippen molar-refractivity contribution in [2.45, 2.75) is 19.9 Å². The number of amides is 1. The summed E-state index contributed by atoms with van der Waals surface area (Å²) in [7, 11) is -2.22. The van der Waals surface area contributed by atoms with E-state index >= 15 is 0 Å². The summed E-state index contributed by atoms with van der Waals surface area (Å²) in [4.78, 5) is 31.2. The minimum Gasteiger partial charge on any atom is -0.493 e. The van der Waals surface area contributed by atoms with Crippen molar-refractivity contribution in [3.05, 3.63) is 82.6 Å². The van der Waals surface area contributed by atoms with Crippen LogP contribution in [0.3, 0.4) is 0 Å². The van der Waals surface area contributed by atoms with Crippen LogP contribution >= 0.6 is 7.82 Å². The van der Waals surface area contributed by atoms with Crippen molar-refractivity contribution in [3.63, 3.8) is 0 Å². The first-order chi connectivity index (χ1) is 17.6. The van der Waals surface area contributed by atoms with E-state index in [9.17, 15) is 23.5 Å². The molecule has 0 aliphatic heterocycles. The number of carbonyl (C=O) groups is 1. The Morgan fingerprint density at radius 2 is 1.81 bits per heavy atom. The molecule has 9 nitrogen and oxygen atoms in total. The van der Waals surface area contributed by atoms with Crippen LogP contribution in [-0.2, 0) is 15.9 Å². The first-order valence-corrected chi connectivity index (χ1v) is 12.6. The summed E-state index contributed by atoms with van der Waals surface area (Å²) in [5, 5.41) is 2.81. The van der Waals surface area contributed by atoms with Gasteiger partial charge in [0.15, 0.2) is 11.5 Å². The fourth-order valence-electron chi connectivity index (χ4n) is 4.16. The standard InChI is InChI=1S/C26H25FNO8P/c1-15-20(9-16-10-23(33-2)26(24(11-16)34-3)36-37(30,31)32)19-7-6-17(27)12-22(19)21(15)13-25(29)28-14-18-5-4-8-35-18/h4-12H,13-14H2,1-3H3,(H,28,29)(H2,30,31,32). The molecule has 0 atom stereocenters. The van der Waals surface area contributed by atoms with Gasteiger partial charge < -0.3 is 23.7 Å². The summed E-state index contributed by atoms with van der Waals surface area (Å²) >= 11 is 0. The van der Waals surface area contributed by atoms with Crippen LogP contribution in [0.25, 0.3) is 17.2 Å². The molecule has 1 aromatic heterocycles. The van der Waals surface area contributed by atoms with Crippen LogP contribution in [0.1, 0.15) is 35.8 Å². The largest absolute Gasteiger partial charge is 0.525 e. The van der Waals surface area contributed by atoms with Crippen LogP contribution in [0.5, 0.6) is 17.2 Å². The number of carbonyl (C=O) groups excluding carboxylic acids is 1. The van der Waals surface area contributed by atoms with Crippen LogP contribution in [0.15, 0.2) is 58.7 Å². The minimum atomic E-state index is -4.88. The smallest absolute Gasteiger partial charge is 0.493 e. The number of furan rings is 1. The number of hydrogen-bond donors (Lipinski definition) is 3. The van der Waals surface area contributed by atoms with Gasteiger partial charge in [0.2, 0.25) is 11.7 Å². The third kappa shape index (κ3) is 5.94. The normalized spacial score (nSPS) is 14.1. The highest BCUT2D eigenvalue weighted by Gasteiger charge is 2.27. The van der Waals surface area contributed by atoms with Crippen LogP contribution in [-0.4, -0.2) is 29.9 Å². The Kier molecular flexibility index (Phi) is 7.54. The molecule has 4 rings (SSSR count). The second-order valence-electron chi connectivity index (χ2n) is 8.22. The quantitative estimate of drug-likeness (QED) is 0.333. The van der Waals surface area contributed by atoms with E-state index in [0.29, 0.717) is 22.5 Å². The molecule has 0 radical (unpaired) electrons. The molecule has 37 heavy (non-hydrogen) atoms. The van der Waals surface area contributed by atoms with Crippen molar-refractivity contribution in [3.8, 4) is 17.2 Å². The zero-order valence-corrected chi connectivity index (χ0v) is 21.2. The molecule has 194 valence electrons. The van der Waals surface area contributed by atoms with Crippen molar-refractivity contribution in [1.29, 1.82) is 0 Å². The van der Waals surface area contributed by atoms with Gasteiger partial charge in [-0.25, -0.2) is 8.96 Å². The van der Waals surface area contributed by atoms with Crippen molar-refractivity contribution >= 4 is 31.0 Å². The predicted octanol–water partition coefficient (Wildman–Crippen LogP) is 4.94. The first kappa shape index (κ1) is 26.2. The Balaban J connectivity index is 1.72. The third-order valence-electron chi connectivity index (χ3n) is 5.83. The maximum atomic E-state index is 14.2. The summed E-state index contributed by atoms with van der Waals surface area (Å²) in [5.41, 5.74) is 4.12. The highest BCUT2D eigenvalue weighted by molar-refractivity contribution is 7.46. The van der Waals surface area contributed by atoms with Crippen LogP contribution in [0, 0.1) is 5.82 Å². The molecular weight excluding hydrogens is 504 g/mol. The van der Waals surface area contributed by atoms with E-state index in [-0.39, 0.29) is 36.1 Å². The average molecular weight is 529 g/mol. The summed E-state index contributed by atoms with van der Waals surface area (Å²) in [5.74, 6) is -0.202. The van der Waals surface area contributed by atoms with Gasteiger partial charge in [-0.2, -0.15) is 0 Å². The number of fused-ring (bicyclic) bond motifs is 1. The molecule has 1 aliphatic rings. The molecule has 11 heteroatoms. The Bertz CT molecular complexity index is 1410. The zero-order valence-electron chi connectivity index (χ0n) is 20.3. The van der Waals surface area contributed by atoms with E-state index in [4.69, 9.17) is 18.4 Å². The summed E-state index contributed by atoms with van der Waals surface area (Å²) < 4.78 is 46.2. The monoisotopic (exact) mass is 529 g/mol. The third-order valence-corrected chi connectivity index (χ3v) is 6.26. The van der Waals surface area contributed by atoms with E-state index in [1.807, 2.05) is 6.92 Å². The number of hydrogen-bond acceptors (Lipinski definition) is 6.